The number of benzene rings is 2. The lowest BCUT2D eigenvalue weighted by Gasteiger charge is -2.23. The number of rotatable bonds is 5. The average Bonchev–Trinajstić information content (AvgIpc) is 3.08. The monoisotopic (exact) mass is 352 g/mol. The minimum atomic E-state index is -2.70. The highest BCUT2D eigenvalue weighted by Gasteiger charge is 2.19. The van der Waals surface area contributed by atoms with Crippen LogP contribution in [0.25, 0.3) is 21.8 Å². The molecule has 1 N–H and O–H groups in total. The molecule has 0 bridgehead atoms. The van der Waals surface area contributed by atoms with Crippen LogP contribution < -0.4 is 4.90 Å². The lowest BCUT2D eigenvalue weighted by Crippen LogP contribution is -2.24. The van der Waals surface area contributed by atoms with Crippen molar-refractivity contribution in [1.29, 1.82) is 0 Å². The van der Waals surface area contributed by atoms with Crippen LogP contribution in [-0.2, 0) is 6.54 Å². The number of nitrogens with one attached hydrogen (secondary N) is 1. The molecule has 0 unspecified atom stereocenters. The third kappa shape index (κ3) is 2.87. The lowest BCUT2D eigenvalue weighted by molar-refractivity contribution is 0.141. The first-order valence-electron chi connectivity index (χ1n) is 8.52. The summed E-state index contributed by atoms with van der Waals surface area (Å²) >= 11 is 0. The summed E-state index contributed by atoms with van der Waals surface area (Å²) in [6, 6.07) is 15.3. The molecule has 2 aromatic heterocycles. The summed E-state index contributed by atoms with van der Waals surface area (Å²) in [6.45, 7) is 3.21. The number of para-hydroxylation sites is 2. The molecule has 0 spiro atoms. The fraction of sp³-hybridized carbons (Fsp3) is 0.200. The van der Waals surface area contributed by atoms with Crippen molar-refractivity contribution >= 4 is 27.6 Å². The molecular weight excluding hydrogens is 334 g/mol. The predicted molar refractivity (Wildman–Crippen MR) is 99.5 cm³/mol. The Morgan fingerprint density at radius 2 is 1.73 bits per heavy atom. The van der Waals surface area contributed by atoms with E-state index in [1.54, 1.807) is 12.1 Å². The zero-order valence-electron chi connectivity index (χ0n) is 14.3. The molecule has 2 heterocycles. The molecular formula is C20H18F2N4. The molecule has 0 saturated heterocycles. The second-order valence-corrected chi connectivity index (χ2v) is 6.10. The van der Waals surface area contributed by atoms with Gasteiger partial charge in [-0.3, -0.25) is 0 Å². The van der Waals surface area contributed by atoms with E-state index in [2.05, 4.69) is 21.0 Å². The summed E-state index contributed by atoms with van der Waals surface area (Å²) < 4.78 is 26.6. The van der Waals surface area contributed by atoms with Crippen molar-refractivity contribution in [3.63, 3.8) is 0 Å². The van der Waals surface area contributed by atoms with Crippen LogP contribution in [0, 0.1) is 0 Å². The topological polar surface area (TPSA) is 44.8 Å². The molecule has 4 rings (SSSR count). The Morgan fingerprint density at radius 1 is 1.00 bits per heavy atom. The number of alkyl halides is 2. The van der Waals surface area contributed by atoms with Crippen LogP contribution in [0.5, 0.6) is 0 Å². The van der Waals surface area contributed by atoms with Gasteiger partial charge in [0.2, 0.25) is 0 Å². The Bertz CT molecular complexity index is 1060. The van der Waals surface area contributed by atoms with E-state index in [-0.39, 0.29) is 0 Å². The number of anilines is 1. The number of fused-ring (bicyclic) bond motifs is 2. The summed E-state index contributed by atoms with van der Waals surface area (Å²) in [6.07, 6.45) is -0.741. The van der Waals surface area contributed by atoms with Crippen molar-refractivity contribution in [2.45, 2.75) is 19.9 Å². The van der Waals surface area contributed by atoms with Gasteiger partial charge in [0.05, 0.1) is 5.52 Å². The highest BCUT2D eigenvalue weighted by Crippen LogP contribution is 2.29. The van der Waals surface area contributed by atoms with Crippen LogP contribution in [0.4, 0.5) is 14.6 Å². The molecule has 132 valence electrons. The van der Waals surface area contributed by atoms with Gasteiger partial charge in [0.1, 0.15) is 5.82 Å². The van der Waals surface area contributed by atoms with Gasteiger partial charge >= 0.3 is 0 Å². The molecule has 0 fully saturated rings. The quantitative estimate of drug-likeness (QED) is 0.545. The normalized spacial score (nSPS) is 11.5. The molecule has 0 radical (unpaired) electrons. The first-order valence-corrected chi connectivity index (χ1v) is 8.52. The lowest BCUT2D eigenvalue weighted by atomic mass is 10.1. The Morgan fingerprint density at radius 3 is 2.50 bits per heavy atom. The first kappa shape index (κ1) is 16.4. The summed E-state index contributed by atoms with van der Waals surface area (Å²) in [5.74, 6) is 0.106. The number of nitrogens with zero attached hydrogens (tertiary/aromatic N) is 3. The fourth-order valence-corrected chi connectivity index (χ4v) is 3.22. The smallest absolute Gasteiger partial charge is 0.297 e. The van der Waals surface area contributed by atoms with E-state index in [1.807, 2.05) is 48.4 Å². The van der Waals surface area contributed by atoms with E-state index in [0.717, 1.165) is 21.9 Å². The maximum Gasteiger partial charge on any atom is 0.297 e. The van der Waals surface area contributed by atoms with Gasteiger partial charge in [0.25, 0.3) is 6.43 Å². The second kappa shape index (κ2) is 6.71. The van der Waals surface area contributed by atoms with E-state index < -0.39 is 12.2 Å². The number of H-pyrrole nitrogens is 1. The summed E-state index contributed by atoms with van der Waals surface area (Å²) in [5.41, 5.74) is 2.69. The fourth-order valence-electron chi connectivity index (χ4n) is 3.22. The first-order chi connectivity index (χ1) is 12.7. The van der Waals surface area contributed by atoms with Gasteiger partial charge in [0.15, 0.2) is 5.82 Å². The molecule has 4 aromatic rings. The minimum absolute atomic E-state index is 0.434. The van der Waals surface area contributed by atoms with Crippen LogP contribution in [0.3, 0.4) is 0 Å². The molecule has 4 nitrogen and oxygen atoms in total. The summed E-state index contributed by atoms with van der Waals surface area (Å²) in [5, 5.41) is 1.90. The van der Waals surface area contributed by atoms with Crippen LogP contribution >= 0.6 is 0 Å². The van der Waals surface area contributed by atoms with Gasteiger partial charge in [0, 0.05) is 35.6 Å². The molecule has 2 aromatic carbocycles. The maximum absolute atomic E-state index is 13.3. The second-order valence-electron chi connectivity index (χ2n) is 6.10. The Hall–Kier alpha value is -3.02. The third-order valence-electron chi connectivity index (χ3n) is 4.51. The molecule has 6 heteroatoms. The van der Waals surface area contributed by atoms with Crippen molar-refractivity contribution in [2.75, 3.05) is 11.4 Å². The van der Waals surface area contributed by atoms with Gasteiger partial charge in [-0.05, 0) is 30.7 Å². The van der Waals surface area contributed by atoms with Crippen LogP contribution in [0.2, 0.25) is 0 Å². The number of aromatic amines is 1. The van der Waals surface area contributed by atoms with Gasteiger partial charge < -0.3 is 9.88 Å². The van der Waals surface area contributed by atoms with Crippen molar-refractivity contribution in [3.8, 4) is 0 Å². The van der Waals surface area contributed by atoms with E-state index in [0.29, 0.717) is 24.4 Å². The SMILES string of the molecule is CCN(Cc1c[nH]c2ccccc12)c1nc(C(F)F)nc2ccccc12. The number of halogens is 2. The zero-order valence-corrected chi connectivity index (χ0v) is 14.3. The van der Waals surface area contributed by atoms with E-state index in [1.165, 1.54) is 0 Å². The van der Waals surface area contributed by atoms with Crippen molar-refractivity contribution in [2.24, 2.45) is 0 Å². The number of hydrogen-bond acceptors (Lipinski definition) is 3. The predicted octanol–water partition coefficient (Wildman–Crippen LogP) is 5.08. The van der Waals surface area contributed by atoms with Gasteiger partial charge in [-0.25, -0.2) is 18.7 Å². The van der Waals surface area contributed by atoms with Gasteiger partial charge in [-0.15, -0.1) is 0 Å². The van der Waals surface area contributed by atoms with E-state index in [9.17, 15) is 8.78 Å². The molecule has 0 aliphatic carbocycles. The van der Waals surface area contributed by atoms with Crippen LogP contribution in [0.15, 0.2) is 54.7 Å². The summed E-state index contributed by atoms with van der Waals surface area (Å²) in [4.78, 5) is 13.5. The molecule has 0 aliphatic heterocycles. The molecule has 0 atom stereocenters. The van der Waals surface area contributed by atoms with Crippen molar-refractivity contribution in [1.82, 2.24) is 15.0 Å². The molecule has 0 aliphatic rings. The van der Waals surface area contributed by atoms with E-state index in [4.69, 9.17) is 0 Å². The molecule has 26 heavy (non-hydrogen) atoms. The molecule has 0 amide bonds. The third-order valence-corrected chi connectivity index (χ3v) is 4.51. The molecule has 0 saturated carbocycles. The van der Waals surface area contributed by atoms with Crippen molar-refractivity contribution in [3.05, 3.63) is 66.1 Å². The number of aromatic nitrogens is 3. The highest BCUT2D eigenvalue weighted by atomic mass is 19.3. The average molecular weight is 352 g/mol. The van der Waals surface area contributed by atoms with E-state index >= 15 is 0 Å². The summed E-state index contributed by atoms with van der Waals surface area (Å²) in [7, 11) is 0. The van der Waals surface area contributed by atoms with Crippen LogP contribution in [0.1, 0.15) is 24.7 Å². The Kier molecular flexibility index (Phi) is 4.24. The Labute approximate surface area is 149 Å². The van der Waals surface area contributed by atoms with Crippen LogP contribution in [-0.4, -0.2) is 21.5 Å². The Balaban J connectivity index is 1.81. The largest absolute Gasteiger partial charge is 0.361 e. The zero-order chi connectivity index (χ0) is 18.1. The van der Waals surface area contributed by atoms with Crippen molar-refractivity contribution < 1.29 is 8.78 Å². The standard InChI is InChI=1S/C20H18F2N4/c1-2-26(12-13-11-23-16-9-5-3-7-14(13)16)20-15-8-4-6-10-17(15)24-19(25-20)18(21)22/h3-11,18,23H,2,12H2,1H3. The number of hydrogen-bond donors (Lipinski definition) is 1. The van der Waals surface area contributed by atoms with Gasteiger partial charge in [-0.1, -0.05) is 30.3 Å². The minimum Gasteiger partial charge on any atom is -0.361 e. The highest BCUT2D eigenvalue weighted by molar-refractivity contribution is 5.90. The van der Waals surface area contributed by atoms with Gasteiger partial charge in [-0.2, -0.15) is 0 Å². The maximum atomic E-state index is 13.3.